The van der Waals surface area contributed by atoms with Crippen LogP contribution in [0.5, 0.6) is 0 Å². The Labute approximate surface area is 144 Å². The maximum atomic E-state index is 12.4. The maximum absolute atomic E-state index is 12.4. The van der Waals surface area contributed by atoms with Crippen LogP contribution in [0.4, 0.5) is 0 Å². The minimum atomic E-state index is -0.205. The zero-order chi connectivity index (χ0) is 17.9. The van der Waals surface area contributed by atoms with Crippen LogP contribution in [0, 0.1) is 6.92 Å². The molecule has 24 heavy (non-hydrogen) atoms. The molecule has 1 aliphatic heterocycles. The molecule has 0 saturated carbocycles. The van der Waals surface area contributed by atoms with E-state index >= 15 is 0 Å². The molecule has 0 bridgehead atoms. The Balaban J connectivity index is 2.22. The molecule has 1 aliphatic rings. The first kappa shape index (κ1) is 18.4. The standard InChI is InChI=1S/C18H28N4O2/c1-6-12(2)19-16(24)15-11-13(3)20-17(21-15)18(5)7-9-22(10-8-18)14(4)23/h11-12H,6-10H2,1-5H3,(H,19,24). The molecule has 1 atom stereocenters. The van der Waals surface area contributed by atoms with Crippen LogP contribution >= 0.6 is 0 Å². The van der Waals surface area contributed by atoms with E-state index in [2.05, 4.69) is 22.2 Å². The molecule has 1 aromatic heterocycles. The van der Waals surface area contributed by atoms with Crippen LogP contribution in [0.3, 0.4) is 0 Å². The molecule has 1 aromatic rings. The van der Waals surface area contributed by atoms with Crippen molar-refractivity contribution in [1.29, 1.82) is 0 Å². The minimum Gasteiger partial charge on any atom is -0.348 e. The smallest absolute Gasteiger partial charge is 0.270 e. The number of hydrogen-bond acceptors (Lipinski definition) is 4. The van der Waals surface area contributed by atoms with Gasteiger partial charge in [0.05, 0.1) is 0 Å². The number of rotatable bonds is 4. The van der Waals surface area contributed by atoms with Gasteiger partial charge in [-0.15, -0.1) is 0 Å². The summed E-state index contributed by atoms with van der Waals surface area (Å²) in [6.07, 6.45) is 2.49. The van der Waals surface area contributed by atoms with Crippen molar-refractivity contribution in [3.05, 3.63) is 23.3 Å². The molecule has 132 valence electrons. The van der Waals surface area contributed by atoms with E-state index in [1.54, 1.807) is 13.0 Å². The fourth-order valence-corrected chi connectivity index (χ4v) is 2.89. The van der Waals surface area contributed by atoms with Crippen molar-refractivity contribution in [2.24, 2.45) is 0 Å². The topological polar surface area (TPSA) is 75.2 Å². The molecule has 1 fully saturated rings. The second-order valence-corrected chi connectivity index (χ2v) is 7.07. The second-order valence-electron chi connectivity index (χ2n) is 7.07. The van der Waals surface area contributed by atoms with Gasteiger partial charge in [0.1, 0.15) is 11.5 Å². The summed E-state index contributed by atoms with van der Waals surface area (Å²) in [6.45, 7) is 11.0. The summed E-state index contributed by atoms with van der Waals surface area (Å²) in [6, 6.07) is 1.85. The minimum absolute atomic E-state index is 0.107. The zero-order valence-corrected chi connectivity index (χ0v) is 15.3. The number of carbonyl (C=O) groups is 2. The van der Waals surface area contributed by atoms with Gasteiger partial charge in [-0.1, -0.05) is 13.8 Å². The molecule has 6 heteroatoms. The molecule has 2 heterocycles. The van der Waals surface area contributed by atoms with E-state index in [0.29, 0.717) is 24.6 Å². The van der Waals surface area contributed by atoms with Crippen LogP contribution in [-0.2, 0) is 10.2 Å². The Hall–Kier alpha value is -1.98. The van der Waals surface area contributed by atoms with E-state index in [4.69, 9.17) is 0 Å². The van der Waals surface area contributed by atoms with Gasteiger partial charge in [-0.3, -0.25) is 9.59 Å². The van der Waals surface area contributed by atoms with Gasteiger partial charge < -0.3 is 10.2 Å². The molecule has 2 rings (SSSR count). The highest BCUT2D eigenvalue weighted by atomic mass is 16.2. The predicted octanol–water partition coefficient (Wildman–Crippen LogP) is 2.21. The van der Waals surface area contributed by atoms with Crippen molar-refractivity contribution in [2.75, 3.05) is 13.1 Å². The average Bonchev–Trinajstić information content (AvgIpc) is 2.54. The number of hydrogen-bond donors (Lipinski definition) is 1. The molecule has 0 spiro atoms. The quantitative estimate of drug-likeness (QED) is 0.917. The van der Waals surface area contributed by atoms with Gasteiger partial charge in [-0.05, 0) is 39.2 Å². The van der Waals surface area contributed by atoms with Gasteiger partial charge >= 0.3 is 0 Å². The lowest BCUT2D eigenvalue weighted by molar-refractivity contribution is -0.130. The first-order valence-electron chi connectivity index (χ1n) is 8.67. The number of nitrogens with zero attached hydrogens (tertiary/aromatic N) is 3. The molecule has 0 radical (unpaired) electrons. The normalized spacial score (nSPS) is 18.1. The van der Waals surface area contributed by atoms with Crippen molar-refractivity contribution in [1.82, 2.24) is 20.2 Å². The fourth-order valence-electron chi connectivity index (χ4n) is 2.89. The van der Waals surface area contributed by atoms with Gasteiger partial charge in [-0.25, -0.2) is 9.97 Å². The number of likely N-dealkylation sites (tertiary alicyclic amines) is 1. The lowest BCUT2D eigenvalue weighted by Gasteiger charge is -2.38. The van der Waals surface area contributed by atoms with Gasteiger partial charge in [0.15, 0.2) is 0 Å². The number of nitrogens with one attached hydrogen (secondary N) is 1. The van der Waals surface area contributed by atoms with Gasteiger partial charge in [0.2, 0.25) is 5.91 Å². The second kappa shape index (κ2) is 7.28. The third-order valence-electron chi connectivity index (χ3n) is 4.93. The Kier molecular flexibility index (Phi) is 5.57. The number of amides is 2. The molecule has 0 aromatic carbocycles. The van der Waals surface area contributed by atoms with Crippen molar-refractivity contribution in [2.45, 2.75) is 65.3 Å². The van der Waals surface area contributed by atoms with E-state index in [-0.39, 0.29) is 23.3 Å². The van der Waals surface area contributed by atoms with Crippen LogP contribution in [0.15, 0.2) is 6.07 Å². The number of piperidine rings is 1. The summed E-state index contributed by atoms with van der Waals surface area (Å²) >= 11 is 0. The Morgan fingerprint density at radius 1 is 1.33 bits per heavy atom. The summed E-state index contributed by atoms with van der Waals surface area (Å²) in [5.41, 5.74) is 1.01. The molecule has 0 aliphatic carbocycles. The SMILES string of the molecule is CCC(C)NC(=O)c1cc(C)nc(C2(C)CCN(C(C)=O)CC2)n1. The largest absolute Gasteiger partial charge is 0.348 e. The first-order valence-corrected chi connectivity index (χ1v) is 8.67. The van der Waals surface area contributed by atoms with Crippen molar-refractivity contribution in [3.8, 4) is 0 Å². The zero-order valence-electron chi connectivity index (χ0n) is 15.3. The highest BCUT2D eigenvalue weighted by Gasteiger charge is 2.35. The van der Waals surface area contributed by atoms with E-state index in [1.165, 1.54) is 0 Å². The number of aromatic nitrogens is 2. The predicted molar refractivity (Wildman–Crippen MR) is 92.8 cm³/mol. The van der Waals surface area contributed by atoms with Crippen LogP contribution in [0.2, 0.25) is 0 Å². The lowest BCUT2D eigenvalue weighted by atomic mass is 9.79. The summed E-state index contributed by atoms with van der Waals surface area (Å²) in [5.74, 6) is 0.664. The van der Waals surface area contributed by atoms with Crippen molar-refractivity contribution in [3.63, 3.8) is 0 Å². The number of carbonyl (C=O) groups excluding carboxylic acids is 2. The van der Waals surface area contributed by atoms with E-state index < -0.39 is 0 Å². The molecular weight excluding hydrogens is 304 g/mol. The molecular formula is C18H28N4O2. The summed E-state index contributed by atoms with van der Waals surface area (Å²) in [7, 11) is 0. The first-order chi connectivity index (χ1) is 11.2. The molecule has 1 unspecified atom stereocenters. The molecule has 2 amide bonds. The highest BCUT2D eigenvalue weighted by molar-refractivity contribution is 5.92. The van der Waals surface area contributed by atoms with E-state index in [1.807, 2.05) is 25.7 Å². The van der Waals surface area contributed by atoms with Crippen molar-refractivity contribution >= 4 is 11.8 Å². The Morgan fingerprint density at radius 3 is 2.50 bits per heavy atom. The monoisotopic (exact) mass is 332 g/mol. The Morgan fingerprint density at radius 2 is 1.96 bits per heavy atom. The average molecular weight is 332 g/mol. The van der Waals surface area contributed by atoms with Crippen LogP contribution in [-0.4, -0.2) is 45.8 Å². The van der Waals surface area contributed by atoms with Gasteiger partial charge in [0.25, 0.3) is 5.91 Å². The number of aryl methyl sites for hydroxylation is 1. The molecule has 1 N–H and O–H groups in total. The summed E-state index contributed by atoms with van der Waals surface area (Å²) in [4.78, 5) is 34.9. The van der Waals surface area contributed by atoms with E-state index in [9.17, 15) is 9.59 Å². The maximum Gasteiger partial charge on any atom is 0.270 e. The van der Waals surface area contributed by atoms with E-state index in [0.717, 1.165) is 25.0 Å². The van der Waals surface area contributed by atoms with Gasteiger partial charge in [0, 0.05) is 37.2 Å². The van der Waals surface area contributed by atoms with Crippen LogP contribution in [0.25, 0.3) is 0 Å². The fraction of sp³-hybridized carbons (Fsp3) is 0.667. The Bertz CT molecular complexity index is 621. The van der Waals surface area contributed by atoms with Crippen LogP contribution < -0.4 is 5.32 Å². The molecule has 6 nitrogen and oxygen atoms in total. The van der Waals surface area contributed by atoms with Gasteiger partial charge in [-0.2, -0.15) is 0 Å². The molecule has 1 saturated heterocycles. The van der Waals surface area contributed by atoms with Crippen molar-refractivity contribution < 1.29 is 9.59 Å². The van der Waals surface area contributed by atoms with Crippen LogP contribution in [0.1, 0.15) is 69.0 Å². The third kappa shape index (κ3) is 4.10. The summed E-state index contributed by atoms with van der Waals surface area (Å²) in [5, 5.41) is 2.96. The summed E-state index contributed by atoms with van der Waals surface area (Å²) < 4.78 is 0. The third-order valence-corrected chi connectivity index (χ3v) is 4.93. The highest BCUT2D eigenvalue weighted by Crippen LogP contribution is 2.33. The lowest BCUT2D eigenvalue weighted by Crippen LogP contribution is -2.44.